The summed E-state index contributed by atoms with van der Waals surface area (Å²) < 4.78 is 5.89. The molecule has 0 saturated heterocycles. The van der Waals surface area contributed by atoms with Gasteiger partial charge in [-0.05, 0) is 67.6 Å². The van der Waals surface area contributed by atoms with Crippen molar-refractivity contribution in [3.63, 3.8) is 0 Å². The van der Waals surface area contributed by atoms with E-state index in [0.717, 1.165) is 44.9 Å². The maximum absolute atomic E-state index is 12.7. The largest absolute Gasteiger partial charge is 0.465 e. The van der Waals surface area contributed by atoms with E-state index in [2.05, 4.69) is 27.7 Å². The number of aliphatic hydroxyl groups is 2. The molecule has 4 atom stereocenters. The van der Waals surface area contributed by atoms with E-state index in [0.29, 0.717) is 24.9 Å². The summed E-state index contributed by atoms with van der Waals surface area (Å²) in [5.74, 6) is 0.915. The van der Waals surface area contributed by atoms with Gasteiger partial charge in [-0.2, -0.15) is 0 Å². The third-order valence-corrected chi connectivity index (χ3v) is 8.07. The number of rotatable bonds is 14. The first-order valence-corrected chi connectivity index (χ1v) is 13.1. The van der Waals surface area contributed by atoms with Crippen molar-refractivity contribution in [2.24, 2.45) is 28.1 Å². The van der Waals surface area contributed by atoms with E-state index in [9.17, 15) is 15.0 Å². The molecule has 201 valence electrons. The first kappa shape index (κ1) is 31.4. The fourth-order valence-electron chi connectivity index (χ4n) is 7.06. The number of esters is 1. The second-order valence-electron chi connectivity index (χ2n) is 12.0. The molecule has 0 aliphatic heterocycles. The van der Waals surface area contributed by atoms with E-state index in [1.807, 2.05) is 0 Å². The summed E-state index contributed by atoms with van der Waals surface area (Å²) in [4.78, 5) is 12.7. The first-order valence-electron chi connectivity index (χ1n) is 13.1. The van der Waals surface area contributed by atoms with Gasteiger partial charge in [-0.25, -0.2) is 0 Å². The van der Waals surface area contributed by atoms with Gasteiger partial charge in [-0.1, -0.05) is 66.2 Å². The molecule has 2 saturated carbocycles. The molecule has 0 heterocycles. The summed E-state index contributed by atoms with van der Waals surface area (Å²) in [5, 5.41) is 20.2. The van der Waals surface area contributed by atoms with Crippen molar-refractivity contribution in [2.45, 2.75) is 118 Å². The average Bonchev–Trinajstić information content (AvgIpc) is 2.71. The smallest absolute Gasteiger partial charge is 0.306 e. The average molecular weight is 709 g/mol. The van der Waals surface area contributed by atoms with Crippen LogP contribution in [0.15, 0.2) is 0 Å². The summed E-state index contributed by atoms with van der Waals surface area (Å²) in [7, 11) is 0. The molecule has 2 rings (SSSR count). The molecule has 1 radical (unpaired) electrons. The minimum atomic E-state index is -0.136. The van der Waals surface area contributed by atoms with Crippen LogP contribution in [0, 0.1) is 28.1 Å². The van der Waals surface area contributed by atoms with Gasteiger partial charge in [0.15, 0.2) is 0 Å². The molecule has 2 fully saturated rings. The summed E-state index contributed by atoms with van der Waals surface area (Å²) in [5.41, 5.74) is -0.297. The van der Waals surface area contributed by atoms with Gasteiger partial charge in [0.05, 0.1) is 6.61 Å². The SMILES string of the molecule is CCCCCC(CCCCC)CC(=O)OCC1(C)CC2CC(C)(CO)CC(CO)(C2)C1.O.[Es]. The number of aliphatic hydroxyl groups excluding tert-OH is 2. The molecule has 0 aromatic heterocycles. The fraction of sp³-hybridized carbons (Fsp3) is 0.963. The van der Waals surface area contributed by atoms with Gasteiger partial charge in [0.25, 0.3) is 0 Å². The van der Waals surface area contributed by atoms with Gasteiger partial charge in [0, 0.05) is 25.0 Å². The Morgan fingerprint density at radius 1 is 0.909 bits per heavy atom. The van der Waals surface area contributed by atoms with Gasteiger partial charge < -0.3 is 20.4 Å². The van der Waals surface area contributed by atoms with Crippen LogP contribution >= 0.6 is 0 Å². The van der Waals surface area contributed by atoms with Crippen LogP contribution in [0.5, 0.6) is 0 Å². The zero-order valence-electron chi connectivity index (χ0n) is 21.7. The molecule has 2 aliphatic rings. The van der Waals surface area contributed by atoms with Crippen LogP contribution in [0.1, 0.15) is 118 Å². The Kier molecular flexibility index (Phi) is 13.2. The molecule has 0 aromatic rings. The van der Waals surface area contributed by atoms with Crippen molar-refractivity contribution in [3.8, 4) is 0 Å². The molecule has 0 spiro atoms. The van der Waals surface area contributed by atoms with Crippen molar-refractivity contribution < 1.29 is 25.2 Å². The molecule has 2 bridgehead atoms. The monoisotopic (exact) mass is 708 g/mol. The van der Waals surface area contributed by atoms with Crippen LogP contribution in [-0.4, -0.2) is 41.5 Å². The van der Waals surface area contributed by atoms with Gasteiger partial charge in [0.1, 0.15) is 0 Å². The molecular weight excluding hydrogens is 656 g/mol. The van der Waals surface area contributed by atoms with Crippen LogP contribution in [0.2, 0.25) is 0 Å². The predicted molar refractivity (Wildman–Crippen MR) is 130 cm³/mol. The third-order valence-electron chi connectivity index (χ3n) is 8.07. The Morgan fingerprint density at radius 2 is 1.45 bits per heavy atom. The molecule has 5 nitrogen and oxygen atoms in total. The molecule has 4 N–H and O–H groups in total. The van der Waals surface area contributed by atoms with Crippen LogP contribution in [0.3, 0.4) is 0 Å². The minimum Gasteiger partial charge on any atom is -0.465 e. The maximum atomic E-state index is 12.7. The van der Waals surface area contributed by atoms with Gasteiger partial charge >= 0.3 is 5.97 Å². The van der Waals surface area contributed by atoms with Crippen LogP contribution in [0.4, 0.5) is 0 Å². The van der Waals surface area contributed by atoms with Crippen molar-refractivity contribution in [3.05, 3.63) is 0 Å². The molecule has 0 amide bonds. The Hall–Kier alpha value is -1.65. The Balaban J connectivity index is 0.00000512. The van der Waals surface area contributed by atoms with E-state index in [1.165, 1.54) is 38.5 Å². The second-order valence-corrected chi connectivity index (χ2v) is 12.0. The van der Waals surface area contributed by atoms with Crippen molar-refractivity contribution in [1.29, 1.82) is 0 Å². The van der Waals surface area contributed by atoms with Gasteiger partial charge in [0.2, 0.25) is 0 Å². The number of carbonyl (C=O) groups excluding carboxylic acids is 1. The van der Waals surface area contributed by atoms with Gasteiger partial charge in [-0.15, -0.1) is 0 Å². The topological polar surface area (TPSA) is 98.3 Å². The minimum absolute atomic E-state index is 0. The predicted octanol–water partition coefficient (Wildman–Crippen LogP) is 5.45. The Morgan fingerprint density at radius 3 is 1.97 bits per heavy atom. The van der Waals surface area contributed by atoms with Crippen molar-refractivity contribution in [1.82, 2.24) is 0 Å². The number of unbranched alkanes of at least 4 members (excludes halogenated alkanes) is 4. The quantitative estimate of drug-likeness (QED) is 0.185. The van der Waals surface area contributed by atoms with E-state index in [-0.39, 0.29) is 40.9 Å². The second kappa shape index (κ2) is 13.9. The molecule has 4 unspecified atom stereocenters. The summed E-state index contributed by atoms with van der Waals surface area (Å²) >= 11 is 0. The van der Waals surface area contributed by atoms with Crippen LogP contribution < -0.4 is 0 Å². The number of hydrogen-bond donors (Lipinski definition) is 2. The van der Waals surface area contributed by atoms with Crippen molar-refractivity contribution >= 4 is 5.97 Å². The van der Waals surface area contributed by atoms with Crippen molar-refractivity contribution in [2.75, 3.05) is 19.8 Å². The molecule has 2 aliphatic carbocycles. The Bertz CT molecular complexity index is 547. The maximum Gasteiger partial charge on any atom is 0.306 e. The number of hydrogen-bond acceptors (Lipinski definition) is 4. The number of fused-ring (bicyclic) bond motifs is 2. The summed E-state index contributed by atoms with van der Waals surface area (Å²) in [6, 6.07) is 0. The zero-order chi connectivity index (χ0) is 23.0. The van der Waals surface area contributed by atoms with Crippen LogP contribution in [0.25, 0.3) is 0 Å². The Labute approximate surface area is 197 Å². The van der Waals surface area contributed by atoms with Gasteiger partial charge in [-0.3, -0.25) is 4.79 Å². The zero-order valence-corrected chi connectivity index (χ0v) is 24.2. The standard InChI is InChI=1S/C27H50O4.Es.H2O/c1-5-7-9-11-22(12-10-8-6-2)13-24(30)31-21-26(4)15-23-14-25(3,19-28)17-27(16-23,18-26)20-29;;/h22-23,28-29H,5-21H2,1-4H3;;1H2. The van der Waals surface area contributed by atoms with E-state index in [4.69, 9.17) is 4.74 Å². The third kappa shape index (κ3) is 9.25. The molecule has 33 heavy (non-hydrogen) atoms. The first-order chi connectivity index (χ1) is 14.7. The van der Waals surface area contributed by atoms with E-state index >= 15 is 0 Å². The molecule has 0 aromatic carbocycles. The molecule has 6 heteroatoms. The van der Waals surface area contributed by atoms with Crippen LogP contribution in [-0.2, 0) is 9.53 Å². The number of carbonyl (C=O) groups is 1. The molecular formula is C27H52EsO5. The normalized spacial score (nSPS) is 30.9. The fourth-order valence-corrected chi connectivity index (χ4v) is 7.06. The van der Waals surface area contributed by atoms with E-state index in [1.54, 1.807) is 0 Å². The number of ether oxygens (including phenoxy) is 1. The summed E-state index contributed by atoms with van der Waals surface area (Å²) in [6.07, 6.45) is 15.0. The van der Waals surface area contributed by atoms with E-state index < -0.39 is 0 Å². The summed E-state index contributed by atoms with van der Waals surface area (Å²) in [6.45, 7) is 9.66.